The van der Waals surface area contributed by atoms with Crippen LogP contribution in [0.5, 0.6) is 0 Å². The molecule has 0 aromatic heterocycles. The molecule has 0 saturated heterocycles. The van der Waals surface area contributed by atoms with Crippen LogP contribution in [-0.4, -0.2) is 5.91 Å². The van der Waals surface area contributed by atoms with Crippen LogP contribution >= 0.6 is 0 Å². The van der Waals surface area contributed by atoms with Gasteiger partial charge < -0.3 is 5.73 Å². The fourth-order valence-corrected chi connectivity index (χ4v) is 1.10. The first-order valence-electron chi connectivity index (χ1n) is 4.16. The number of carbonyl (C=O) groups is 1. The van der Waals surface area contributed by atoms with Gasteiger partial charge in [0.15, 0.2) is 0 Å². The highest BCUT2D eigenvalue weighted by molar-refractivity contribution is 5.76. The molecule has 11 heavy (non-hydrogen) atoms. The van der Waals surface area contributed by atoms with Crippen molar-refractivity contribution in [1.29, 1.82) is 0 Å². The lowest BCUT2D eigenvalue weighted by atomic mass is 10.1. The molecule has 0 aliphatic carbocycles. The van der Waals surface area contributed by atoms with Crippen LogP contribution in [0.25, 0.3) is 0 Å². The van der Waals surface area contributed by atoms with Gasteiger partial charge in [0.25, 0.3) is 0 Å². The summed E-state index contributed by atoms with van der Waals surface area (Å²) in [5.41, 5.74) is 6.26. The maximum Gasteiger partial charge on any atom is 0.221 e. The van der Waals surface area contributed by atoms with Crippen molar-refractivity contribution in [3.05, 3.63) is 11.6 Å². The molecule has 0 atom stereocenters. The number of primary amides is 1. The van der Waals surface area contributed by atoms with Gasteiger partial charge in [0, 0.05) is 6.42 Å². The van der Waals surface area contributed by atoms with Crippen LogP contribution in [0.15, 0.2) is 11.6 Å². The number of hydrogen-bond acceptors (Lipinski definition) is 1. The number of allylic oxidation sites excluding steroid dienone is 1. The Labute approximate surface area is 68.5 Å². The molecule has 2 heteroatoms. The molecule has 64 valence electrons. The quantitative estimate of drug-likeness (QED) is 0.606. The third-order valence-electron chi connectivity index (χ3n) is 1.47. The van der Waals surface area contributed by atoms with Crippen molar-refractivity contribution in [3.8, 4) is 0 Å². The summed E-state index contributed by atoms with van der Waals surface area (Å²) in [6.45, 7) is 4.17. The standard InChI is InChI=1S/C9H17NO/c1-3-5-8(6-4-2)7-9(10)11/h5H,3-4,6-7H2,1-2H3,(H2,10,11)/b8-5+. The average Bonchev–Trinajstić information content (AvgIpc) is 1.87. The molecule has 0 aliphatic rings. The Morgan fingerprint density at radius 2 is 2.09 bits per heavy atom. The van der Waals surface area contributed by atoms with Crippen molar-refractivity contribution in [3.63, 3.8) is 0 Å². The van der Waals surface area contributed by atoms with Gasteiger partial charge in [-0.05, 0) is 12.8 Å². The van der Waals surface area contributed by atoms with Crippen molar-refractivity contribution >= 4 is 5.91 Å². The molecule has 1 amide bonds. The second kappa shape index (κ2) is 5.96. The summed E-state index contributed by atoms with van der Waals surface area (Å²) in [6, 6.07) is 0. The first kappa shape index (κ1) is 10.2. The largest absolute Gasteiger partial charge is 0.369 e. The highest BCUT2D eigenvalue weighted by Crippen LogP contribution is 2.09. The highest BCUT2D eigenvalue weighted by Gasteiger charge is 1.99. The molecule has 2 nitrogen and oxygen atoms in total. The van der Waals surface area contributed by atoms with Gasteiger partial charge in [0.05, 0.1) is 0 Å². The van der Waals surface area contributed by atoms with E-state index in [0.29, 0.717) is 6.42 Å². The van der Waals surface area contributed by atoms with Gasteiger partial charge in [-0.15, -0.1) is 0 Å². The monoisotopic (exact) mass is 155 g/mol. The molecule has 0 rings (SSSR count). The molecule has 0 aromatic carbocycles. The number of nitrogens with two attached hydrogens (primary N) is 1. The molecule has 0 aromatic rings. The summed E-state index contributed by atoms with van der Waals surface area (Å²) < 4.78 is 0. The van der Waals surface area contributed by atoms with Crippen molar-refractivity contribution < 1.29 is 4.79 Å². The van der Waals surface area contributed by atoms with Crippen LogP contribution in [0.3, 0.4) is 0 Å². The summed E-state index contributed by atoms with van der Waals surface area (Å²) in [7, 11) is 0. The second-order valence-corrected chi connectivity index (χ2v) is 2.66. The number of hydrogen-bond donors (Lipinski definition) is 1. The van der Waals surface area contributed by atoms with Crippen LogP contribution in [0.2, 0.25) is 0 Å². The second-order valence-electron chi connectivity index (χ2n) is 2.66. The topological polar surface area (TPSA) is 43.1 Å². The number of carbonyl (C=O) groups excluding carboxylic acids is 1. The van der Waals surface area contributed by atoms with Crippen molar-refractivity contribution in [1.82, 2.24) is 0 Å². The lowest BCUT2D eigenvalue weighted by molar-refractivity contribution is -0.117. The molecule has 0 spiro atoms. The fraction of sp³-hybridized carbons (Fsp3) is 0.667. The van der Waals surface area contributed by atoms with E-state index in [9.17, 15) is 4.79 Å². The minimum atomic E-state index is -0.224. The maximum absolute atomic E-state index is 10.5. The minimum Gasteiger partial charge on any atom is -0.369 e. The van der Waals surface area contributed by atoms with E-state index >= 15 is 0 Å². The third kappa shape index (κ3) is 5.64. The van der Waals surface area contributed by atoms with Gasteiger partial charge in [-0.2, -0.15) is 0 Å². The van der Waals surface area contributed by atoms with Gasteiger partial charge in [-0.3, -0.25) is 4.79 Å². The zero-order valence-corrected chi connectivity index (χ0v) is 7.39. The van der Waals surface area contributed by atoms with Crippen LogP contribution in [0.1, 0.15) is 39.5 Å². The Kier molecular flexibility index (Phi) is 5.53. The van der Waals surface area contributed by atoms with Crippen LogP contribution in [0, 0.1) is 0 Å². The Balaban J connectivity index is 3.89. The van der Waals surface area contributed by atoms with Crippen molar-refractivity contribution in [2.24, 2.45) is 5.73 Å². The van der Waals surface area contributed by atoms with E-state index in [4.69, 9.17) is 5.73 Å². The van der Waals surface area contributed by atoms with E-state index in [1.54, 1.807) is 0 Å². The summed E-state index contributed by atoms with van der Waals surface area (Å²) in [5, 5.41) is 0. The summed E-state index contributed by atoms with van der Waals surface area (Å²) >= 11 is 0. The summed E-state index contributed by atoms with van der Waals surface area (Å²) in [5.74, 6) is -0.224. The predicted molar refractivity (Wildman–Crippen MR) is 47.1 cm³/mol. The SMILES string of the molecule is CC/C=C(\CCC)CC(N)=O. The lowest BCUT2D eigenvalue weighted by Crippen LogP contribution is -2.11. The Morgan fingerprint density at radius 1 is 1.45 bits per heavy atom. The van der Waals surface area contributed by atoms with E-state index in [1.807, 2.05) is 0 Å². The van der Waals surface area contributed by atoms with Crippen LogP contribution in [-0.2, 0) is 4.79 Å². The van der Waals surface area contributed by atoms with E-state index in [-0.39, 0.29) is 5.91 Å². The number of rotatable bonds is 5. The molecule has 0 fully saturated rings. The van der Waals surface area contributed by atoms with Crippen molar-refractivity contribution in [2.45, 2.75) is 39.5 Å². The number of amides is 1. The van der Waals surface area contributed by atoms with E-state index in [2.05, 4.69) is 19.9 Å². The van der Waals surface area contributed by atoms with Gasteiger partial charge in [-0.1, -0.05) is 31.9 Å². The van der Waals surface area contributed by atoms with Crippen molar-refractivity contribution in [2.75, 3.05) is 0 Å². The van der Waals surface area contributed by atoms with E-state index in [1.165, 1.54) is 5.57 Å². The molecule has 2 N–H and O–H groups in total. The molecule has 0 saturated carbocycles. The Bertz CT molecular complexity index is 150. The van der Waals surface area contributed by atoms with Gasteiger partial charge >= 0.3 is 0 Å². The zero-order valence-electron chi connectivity index (χ0n) is 7.39. The third-order valence-corrected chi connectivity index (χ3v) is 1.47. The molecule has 0 radical (unpaired) electrons. The summed E-state index contributed by atoms with van der Waals surface area (Å²) in [4.78, 5) is 10.5. The fourth-order valence-electron chi connectivity index (χ4n) is 1.10. The molecule has 0 aliphatic heterocycles. The summed E-state index contributed by atoms with van der Waals surface area (Å²) in [6.07, 6.45) is 5.59. The molecule has 0 bridgehead atoms. The minimum absolute atomic E-state index is 0.224. The lowest BCUT2D eigenvalue weighted by Gasteiger charge is -2.01. The van der Waals surface area contributed by atoms with Crippen LogP contribution < -0.4 is 5.73 Å². The average molecular weight is 155 g/mol. The molecule has 0 unspecified atom stereocenters. The molecular formula is C9H17NO. The predicted octanol–water partition coefficient (Wildman–Crippen LogP) is 2.00. The van der Waals surface area contributed by atoms with Gasteiger partial charge in [0.1, 0.15) is 0 Å². The van der Waals surface area contributed by atoms with Gasteiger partial charge in [-0.25, -0.2) is 0 Å². The van der Waals surface area contributed by atoms with E-state index < -0.39 is 0 Å². The van der Waals surface area contributed by atoms with Crippen LogP contribution in [0.4, 0.5) is 0 Å². The Hall–Kier alpha value is -0.790. The normalized spacial score (nSPS) is 11.6. The van der Waals surface area contributed by atoms with Gasteiger partial charge in [0.2, 0.25) is 5.91 Å². The molecule has 0 heterocycles. The Morgan fingerprint density at radius 3 is 2.45 bits per heavy atom. The maximum atomic E-state index is 10.5. The first-order chi connectivity index (χ1) is 5.20. The highest BCUT2D eigenvalue weighted by atomic mass is 16.1. The zero-order chi connectivity index (χ0) is 8.69. The first-order valence-corrected chi connectivity index (χ1v) is 4.16. The molecular weight excluding hydrogens is 138 g/mol. The van der Waals surface area contributed by atoms with E-state index in [0.717, 1.165) is 19.3 Å². The smallest absolute Gasteiger partial charge is 0.221 e.